The van der Waals surface area contributed by atoms with E-state index in [2.05, 4.69) is 4.98 Å². The molecule has 1 amide bonds. The predicted octanol–water partition coefficient (Wildman–Crippen LogP) is 1.89. The maximum atomic E-state index is 12.2. The summed E-state index contributed by atoms with van der Waals surface area (Å²) < 4.78 is 5.02. The molecule has 2 rings (SSSR count). The molecule has 1 unspecified atom stereocenters. The molecule has 118 valence electrons. The van der Waals surface area contributed by atoms with E-state index in [1.165, 1.54) is 31.1 Å². The van der Waals surface area contributed by atoms with Crippen LogP contribution in [0.4, 0.5) is 5.69 Å². The van der Waals surface area contributed by atoms with Gasteiger partial charge in [0.1, 0.15) is 0 Å². The Kier molecular flexibility index (Phi) is 5.54. The average Bonchev–Trinajstić information content (AvgIpc) is 2.86. The molecule has 22 heavy (non-hydrogen) atoms. The summed E-state index contributed by atoms with van der Waals surface area (Å²) in [7, 11) is 0. The van der Waals surface area contributed by atoms with Gasteiger partial charge in [0.2, 0.25) is 5.91 Å². The minimum absolute atomic E-state index is 0.0412. The Morgan fingerprint density at radius 3 is 2.95 bits per heavy atom. The van der Waals surface area contributed by atoms with Crippen LogP contribution in [0.5, 0.6) is 0 Å². The van der Waals surface area contributed by atoms with Crippen LogP contribution in [-0.4, -0.2) is 40.9 Å². The number of esters is 1. The quantitative estimate of drug-likeness (QED) is 0.771. The first-order valence-corrected chi connectivity index (χ1v) is 8.06. The van der Waals surface area contributed by atoms with Crippen LogP contribution in [0.1, 0.15) is 30.6 Å². The van der Waals surface area contributed by atoms with E-state index in [4.69, 9.17) is 4.74 Å². The summed E-state index contributed by atoms with van der Waals surface area (Å²) >= 11 is 1.22. The van der Waals surface area contributed by atoms with Crippen molar-refractivity contribution >= 4 is 34.4 Å². The lowest BCUT2D eigenvalue weighted by atomic mass is 10.1. The third-order valence-corrected chi connectivity index (χ3v) is 4.36. The molecule has 0 radical (unpaired) electrons. The fraction of sp³-hybridized carbons (Fsp3) is 0.467. The second-order valence-electron chi connectivity index (χ2n) is 4.99. The van der Waals surface area contributed by atoms with Gasteiger partial charge in [0.05, 0.1) is 24.1 Å². The maximum Gasteiger partial charge on any atom is 0.340 e. The molecule has 1 saturated heterocycles. The Balaban J connectivity index is 2.16. The molecule has 1 aromatic heterocycles. The summed E-state index contributed by atoms with van der Waals surface area (Å²) in [6.07, 6.45) is 3.38. The normalized spacial score (nSPS) is 17.6. The first-order valence-electron chi connectivity index (χ1n) is 7.07. The highest BCUT2D eigenvalue weighted by atomic mass is 32.2. The minimum Gasteiger partial charge on any atom is -0.462 e. The van der Waals surface area contributed by atoms with Gasteiger partial charge in [-0.25, -0.2) is 4.79 Å². The average molecular weight is 322 g/mol. The summed E-state index contributed by atoms with van der Waals surface area (Å²) in [5.41, 5.74) is 0.811. The van der Waals surface area contributed by atoms with Gasteiger partial charge >= 0.3 is 5.97 Å². The van der Waals surface area contributed by atoms with Crippen molar-refractivity contribution in [1.82, 2.24) is 4.98 Å². The van der Waals surface area contributed by atoms with E-state index in [1.807, 2.05) is 0 Å². The summed E-state index contributed by atoms with van der Waals surface area (Å²) in [5.74, 6) is 0.172. The van der Waals surface area contributed by atoms with Crippen molar-refractivity contribution in [3.63, 3.8) is 0 Å². The van der Waals surface area contributed by atoms with Crippen LogP contribution in [-0.2, 0) is 14.3 Å². The summed E-state index contributed by atoms with van der Waals surface area (Å²) in [5, 5.41) is 0.0412. The van der Waals surface area contributed by atoms with Gasteiger partial charge in [-0.1, -0.05) is 11.8 Å². The number of pyridine rings is 1. The van der Waals surface area contributed by atoms with Crippen LogP contribution in [0.2, 0.25) is 0 Å². The molecule has 1 atom stereocenters. The SMILES string of the molecule is CCOC(=O)c1ccncc1N1CC(CSC(C)=O)CC1=O. The molecular formula is C15H18N2O4S. The maximum absolute atomic E-state index is 12.2. The van der Waals surface area contributed by atoms with Crippen LogP contribution < -0.4 is 4.90 Å². The van der Waals surface area contributed by atoms with Gasteiger partial charge in [0.25, 0.3) is 0 Å². The number of carbonyl (C=O) groups is 3. The Morgan fingerprint density at radius 1 is 1.50 bits per heavy atom. The first-order chi connectivity index (χ1) is 10.5. The monoisotopic (exact) mass is 322 g/mol. The van der Waals surface area contributed by atoms with E-state index in [1.54, 1.807) is 17.9 Å². The Labute approximate surface area is 133 Å². The standard InChI is InChI=1S/C15H18N2O4S/c1-3-21-15(20)12-4-5-16-7-13(12)17-8-11(6-14(17)19)9-22-10(2)18/h4-5,7,11H,3,6,8-9H2,1-2H3. The molecule has 0 saturated carbocycles. The number of rotatable bonds is 5. The molecule has 1 aliphatic rings. The smallest absolute Gasteiger partial charge is 0.340 e. The molecule has 0 N–H and O–H groups in total. The number of hydrogen-bond donors (Lipinski definition) is 0. The lowest BCUT2D eigenvalue weighted by molar-refractivity contribution is -0.117. The molecule has 1 aromatic rings. The highest BCUT2D eigenvalue weighted by Crippen LogP contribution is 2.29. The molecule has 2 heterocycles. The van der Waals surface area contributed by atoms with E-state index in [0.29, 0.717) is 30.0 Å². The topological polar surface area (TPSA) is 76.6 Å². The minimum atomic E-state index is -0.464. The fourth-order valence-electron chi connectivity index (χ4n) is 2.34. The summed E-state index contributed by atoms with van der Waals surface area (Å²) in [6.45, 7) is 4.00. The highest BCUT2D eigenvalue weighted by Gasteiger charge is 2.33. The lowest BCUT2D eigenvalue weighted by Crippen LogP contribution is -2.27. The van der Waals surface area contributed by atoms with Gasteiger partial charge in [-0.15, -0.1) is 0 Å². The molecule has 0 aliphatic carbocycles. The summed E-state index contributed by atoms with van der Waals surface area (Å²) in [4.78, 5) is 40.8. The highest BCUT2D eigenvalue weighted by molar-refractivity contribution is 8.13. The molecule has 1 aliphatic heterocycles. The van der Waals surface area contributed by atoms with E-state index in [0.717, 1.165) is 0 Å². The Bertz CT molecular complexity index is 591. The zero-order valence-corrected chi connectivity index (χ0v) is 13.4. The van der Waals surface area contributed by atoms with Crippen LogP contribution in [0.3, 0.4) is 0 Å². The zero-order valence-electron chi connectivity index (χ0n) is 12.6. The van der Waals surface area contributed by atoms with Gasteiger partial charge in [0, 0.05) is 31.8 Å². The number of carbonyl (C=O) groups excluding carboxylic acids is 3. The van der Waals surface area contributed by atoms with Gasteiger partial charge in [-0.2, -0.15) is 0 Å². The van der Waals surface area contributed by atoms with E-state index < -0.39 is 5.97 Å². The third-order valence-electron chi connectivity index (χ3n) is 3.31. The van der Waals surface area contributed by atoms with Crippen LogP contribution in [0.25, 0.3) is 0 Å². The molecule has 0 bridgehead atoms. The van der Waals surface area contributed by atoms with Crippen LogP contribution >= 0.6 is 11.8 Å². The van der Waals surface area contributed by atoms with Gasteiger partial charge in [0.15, 0.2) is 5.12 Å². The van der Waals surface area contributed by atoms with Gasteiger partial charge < -0.3 is 9.64 Å². The molecule has 6 nitrogen and oxygen atoms in total. The number of ether oxygens (including phenoxy) is 1. The van der Waals surface area contributed by atoms with Gasteiger partial charge in [-0.3, -0.25) is 14.6 Å². The summed E-state index contributed by atoms with van der Waals surface area (Å²) in [6, 6.07) is 1.55. The molecular weight excluding hydrogens is 304 g/mol. The van der Waals surface area contributed by atoms with Crippen molar-refractivity contribution in [2.75, 3.05) is 23.8 Å². The number of aromatic nitrogens is 1. The van der Waals surface area contributed by atoms with Gasteiger partial charge in [-0.05, 0) is 18.9 Å². The van der Waals surface area contributed by atoms with Crippen LogP contribution in [0.15, 0.2) is 18.5 Å². The van der Waals surface area contributed by atoms with E-state index in [9.17, 15) is 14.4 Å². The van der Waals surface area contributed by atoms with Crippen molar-refractivity contribution in [2.24, 2.45) is 5.92 Å². The van der Waals surface area contributed by atoms with Crippen molar-refractivity contribution in [1.29, 1.82) is 0 Å². The molecule has 0 spiro atoms. The largest absolute Gasteiger partial charge is 0.462 e. The Hall–Kier alpha value is -1.89. The molecule has 1 fully saturated rings. The predicted molar refractivity (Wildman–Crippen MR) is 83.8 cm³/mol. The number of thioether (sulfide) groups is 1. The third kappa shape index (κ3) is 3.85. The fourth-order valence-corrected chi connectivity index (χ4v) is 3.04. The second kappa shape index (κ2) is 7.40. The molecule has 0 aromatic carbocycles. The van der Waals surface area contributed by atoms with Crippen molar-refractivity contribution in [3.8, 4) is 0 Å². The number of amides is 1. The van der Waals surface area contributed by atoms with Crippen molar-refractivity contribution < 1.29 is 19.1 Å². The van der Waals surface area contributed by atoms with Crippen molar-refractivity contribution in [2.45, 2.75) is 20.3 Å². The first kappa shape index (κ1) is 16.5. The molecule has 7 heteroatoms. The Morgan fingerprint density at radius 2 is 2.27 bits per heavy atom. The number of anilines is 1. The van der Waals surface area contributed by atoms with E-state index in [-0.39, 0.29) is 23.5 Å². The zero-order chi connectivity index (χ0) is 16.1. The van der Waals surface area contributed by atoms with E-state index >= 15 is 0 Å². The van der Waals surface area contributed by atoms with Crippen LogP contribution in [0, 0.1) is 5.92 Å². The van der Waals surface area contributed by atoms with Crippen molar-refractivity contribution in [3.05, 3.63) is 24.0 Å². The number of hydrogen-bond acceptors (Lipinski definition) is 6. The lowest BCUT2D eigenvalue weighted by Gasteiger charge is -2.19. The number of nitrogens with zero attached hydrogens (tertiary/aromatic N) is 2. The second-order valence-corrected chi connectivity index (χ2v) is 6.19.